The highest BCUT2D eigenvalue weighted by atomic mass is 15.1. The molecule has 0 N–H and O–H groups in total. The molecule has 0 unspecified atom stereocenters. The van der Waals surface area contributed by atoms with Crippen molar-refractivity contribution in [2.24, 2.45) is 0 Å². The SMILES string of the molecule is CC1(C)c2cc(-c3ccc(N(c4ccc(-c5ccccc5)cc4)c4ccc5ccccc5c4)cc3)ccc2-c2c(-c3ccc4ccccc4c3)ccc3cccc1c23. The van der Waals surface area contributed by atoms with Gasteiger partial charge in [-0.15, -0.1) is 0 Å². The molecule has 1 nitrogen and oxygen atoms in total. The number of fused-ring (bicyclic) bond motifs is 4. The van der Waals surface area contributed by atoms with Crippen molar-refractivity contribution in [2.45, 2.75) is 19.3 Å². The fourth-order valence-corrected chi connectivity index (χ4v) is 9.38. The van der Waals surface area contributed by atoms with Crippen LogP contribution >= 0.6 is 0 Å². The standard InChI is InChI=1S/C57H41N/c1-57(2)53-18-10-17-43-26-33-51(47-20-19-39-13-6-8-15-44(39)35-47)56(55(43)53)52-34-27-46(37-54(52)57)42-23-30-49(31-24-42)58(50-32-25-40-14-7-9-16-45(40)36-50)48-28-21-41(22-29-48)38-11-4-3-5-12-38/h3-37H,1-2H3. The lowest BCUT2D eigenvalue weighted by atomic mass is 9.67. The van der Waals surface area contributed by atoms with Crippen LogP contribution < -0.4 is 4.90 Å². The summed E-state index contributed by atoms with van der Waals surface area (Å²) >= 11 is 0. The summed E-state index contributed by atoms with van der Waals surface area (Å²) in [7, 11) is 0. The summed E-state index contributed by atoms with van der Waals surface area (Å²) in [5.74, 6) is 0. The van der Waals surface area contributed by atoms with Crippen molar-refractivity contribution < 1.29 is 0 Å². The quantitative estimate of drug-likeness (QED) is 0.164. The summed E-state index contributed by atoms with van der Waals surface area (Å²) in [5.41, 5.74) is 16.0. The summed E-state index contributed by atoms with van der Waals surface area (Å²) in [4.78, 5) is 2.37. The molecule has 0 bridgehead atoms. The van der Waals surface area contributed by atoms with Gasteiger partial charge in [-0.05, 0) is 136 Å². The van der Waals surface area contributed by atoms with E-state index in [1.165, 1.54) is 88.0 Å². The predicted molar refractivity (Wildman–Crippen MR) is 248 cm³/mol. The van der Waals surface area contributed by atoms with Crippen molar-refractivity contribution in [3.8, 4) is 44.5 Å². The fourth-order valence-electron chi connectivity index (χ4n) is 9.38. The summed E-state index contributed by atoms with van der Waals surface area (Å²) in [5, 5.41) is 7.65. The summed E-state index contributed by atoms with van der Waals surface area (Å²) in [6.45, 7) is 4.78. The Labute approximate surface area is 340 Å². The molecule has 0 atom stereocenters. The zero-order valence-corrected chi connectivity index (χ0v) is 32.7. The highest BCUT2D eigenvalue weighted by Gasteiger charge is 2.35. The molecule has 0 spiro atoms. The molecule has 274 valence electrons. The monoisotopic (exact) mass is 739 g/mol. The second kappa shape index (κ2) is 13.5. The van der Waals surface area contributed by atoms with E-state index in [9.17, 15) is 0 Å². The second-order valence-electron chi connectivity index (χ2n) is 16.2. The Morgan fingerprint density at radius 2 is 0.810 bits per heavy atom. The molecule has 58 heavy (non-hydrogen) atoms. The highest BCUT2D eigenvalue weighted by Crippen LogP contribution is 2.52. The molecule has 10 aromatic rings. The summed E-state index contributed by atoms with van der Waals surface area (Å²) in [6.07, 6.45) is 0. The van der Waals surface area contributed by atoms with Crippen LogP contribution in [0.4, 0.5) is 17.1 Å². The Morgan fingerprint density at radius 3 is 1.52 bits per heavy atom. The third-order valence-corrected chi connectivity index (χ3v) is 12.4. The Balaban J connectivity index is 1.01. The van der Waals surface area contributed by atoms with Gasteiger partial charge in [0.25, 0.3) is 0 Å². The maximum atomic E-state index is 2.45. The van der Waals surface area contributed by atoms with Crippen molar-refractivity contribution in [2.75, 3.05) is 4.90 Å². The van der Waals surface area contributed by atoms with E-state index in [1.54, 1.807) is 0 Å². The maximum Gasteiger partial charge on any atom is 0.0468 e. The predicted octanol–water partition coefficient (Wildman–Crippen LogP) is 15.9. The normalized spacial score (nSPS) is 12.8. The average Bonchev–Trinajstić information content (AvgIpc) is 3.28. The first kappa shape index (κ1) is 34.1. The van der Waals surface area contributed by atoms with Crippen LogP contribution in [0, 0.1) is 0 Å². The zero-order valence-electron chi connectivity index (χ0n) is 32.7. The van der Waals surface area contributed by atoms with Crippen molar-refractivity contribution >= 4 is 49.4 Å². The fraction of sp³-hybridized carbons (Fsp3) is 0.0526. The number of benzene rings is 10. The molecular formula is C57H41N. The third kappa shape index (κ3) is 5.62. The third-order valence-electron chi connectivity index (χ3n) is 12.4. The lowest BCUT2D eigenvalue weighted by Gasteiger charge is -2.36. The lowest BCUT2D eigenvalue weighted by molar-refractivity contribution is 0.645. The van der Waals surface area contributed by atoms with E-state index in [4.69, 9.17) is 0 Å². The number of hydrogen-bond acceptors (Lipinski definition) is 1. The highest BCUT2D eigenvalue weighted by molar-refractivity contribution is 6.10. The lowest BCUT2D eigenvalue weighted by Crippen LogP contribution is -2.24. The first-order valence-corrected chi connectivity index (χ1v) is 20.2. The van der Waals surface area contributed by atoms with Crippen molar-refractivity contribution in [1.82, 2.24) is 0 Å². The molecule has 0 amide bonds. The van der Waals surface area contributed by atoms with Crippen LogP contribution in [0.15, 0.2) is 212 Å². The van der Waals surface area contributed by atoms with Gasteiger partial charge in [0.05, 0.1) is 0 Å². The molecule has 0 saturated heterocycles. The maximum absolute atomic E-state index is 2.45. The number of nitrogens with zero attached hydrogens (tertiary/aromatic N) is 1. The number of hydrogen-bond donors (Lipinski definition) is 0. The average molecular weight is 740 g/mol. The van der Waals surface area contributed by atoms with Crippen molar-refractivity contribution in [3.05, 3.63) is 223 Å². The molecule has 11 rings (SSSR count). The van der Waals surface area contributed by atoms with Crippen LogP contribution in [0.2, 0.25) is 0 Å². The smallest absolute Gasteiger partial charge is 0.0468 e. The molecule has 1 aliphatic carbocycles. The van der Waals surface area contributed by atoms with Gasteiger partial charge >= 0.3 is 0 Å². The molecule has 1 heteroatoms. The molecule has 0 radical (unpaired) electrons. The molecule has 0 aliphatic heterocycles. The van der Waals surface area contributed by atoms with Crippen LogP contribution in [0.3, 0.4) is 0 Å². The van der Waals surface area contributed by atoms with Gasteiger partial charge in [-0.3, -0.25) is 0 Å². The van der Waals surface area contributed by atoms with E-state index in [0.717, 1.165) is 17.1 Å². The summed E-state index contributed by atoms with van der Waals surface area (Å²) < 4.78 is 0. The van der Waals surface area contributed by atoms with Gasteiger partial charge in [0, 0.05) is 22.5 Å². The topological polar surface area (TPSA) is 3.24 Å². The van der Waals surface area contributed by atoms with Crippen molar-refractivity contribution in [1.29, 1.82) is 0 Å². The largest absolute Gasteiger partial charge is 0.310 e. The molecule has 10 aromatic carbocycles. The minimum atomic E-state index is -0.182. The van der Waals surface area contributed by atoms with Crippen LogP contribution in [0.25, 0.3) is 76.8 Å². The van der Waals surface area contributed by atoms with Gasteiger partial charge in [0.15, 0.2) is 0 Å². The van der Waals surface area contributed by atoms with Gasteiger partial charge in [0.1, 0.15) is 0 Å². The minimum absolute atomic E-state index is 0.182. The van der Waals surface area contributed by atoms with Crippen LogP contribution in [0.1, 0.15) is 25.0 Å². The molecular weight excluding hydrogens is 699 g/mol. The molecule has 0 fully saturated rings. The van der Waals surface area contributed by atoms with E-state index in [2.05, 4.69) is 231 Å². The van der Waals surface area contributed by atoms with Crippen LogP contribution in [-0.2, 0) is 5.41 Å². The summed E-state index contributed by atoms with van der Waals surface area (Å²) in [6, 6.07) is 78.2. The Bertz CT molecular complexity index is 3170. The molecule has 1 aliphatic rings. The van der Waals surface area contributed by atoms with Gasteiger partial charge in [0.2, 0.25) is 0 Å². The van der Waals surface area contributed by atoms with E-state index in [0.29, 0.717) is 0 Å². The first-order chi connectivity index (χ1) is 28.5. The van der Waals surface area contributed by atoms with E-state index < -0.39 is 0 Å². The Morgan fingerprint density at radius 1 is 0.310 bits per heavy atom. The zero-order chi connectivity index (χ0) is 38.8. The Hall–Kier alpha value is -7.22. The number of anilines is 3. The Kier molecular flexibility index (Phi) is 7.91. The molecule has 0 saturated carbocycles. The van der Waals surface area contributed by atoms with Crippen LogP contribution in [-0.4, -0.2) is 0 Å². The van der Waals surface area contributed by atoms with Crippen molar-refractivity contribution in [3.63, 3.8) is 0 Å². The van der Waals surface area contributed by atoms with Gasteiger partial charge in [-0.1, -0.05) is 178 Å². The molecule has 0 heterocycles. The number of rotatable bonds is 6. The van der Waals surface area contributed by atoms with Crippen LogP contribution in [0.5, 0.6) is 0 Å². The van der Waals surface area contributed by atoms with Gasteiger partial charge in [-0.2, -0.15) is 0 Å². The van der Waals surface area contributed by atoms with Gasteiger partial charge in [-0.25, -0.2) is 0 Å². The van der Waals surface area contributed by atoms with E-state index in [1.807, 2.05) is 0 Å². The van der Waals surface area contributed by atoms with E-state index in [-0.39, 0.29) is 5.41 Å². The first-order valence-electron chi connectivity index (χ1n) is 20.2. The second-order valence-corrected chi connectivity index (χ2v) is 16.2. The van der Waals surface area contributed by atoms with Gasteiger partial charge < -0.3 is 4.90 Å². The molecule has 0 aromatic heterocycles. The minimum Gasteiger partial charge on any atom is -0.310 e. The van der Waals surface area contributed by atoms with E-state index >= 15 is 0 Å².